The van der Waals surface area contributed by atoms with Crippen molar-refractivity contribution in [2.75, 3.05) is 57.6 Å². The number of imide groups is 1. The molecule has 0 saturated carbocycles. The van der Waals surface area contributed by atoms with Gasteiger partial charge in [0.25, 0.3) is 11.8 Å². The van der Waals surface area contributed by atoms with Crippen molar-refractivity contribution in [1.29, 1.82) is 0 Å². The summed E-state index contributed by atoms with van der Waals surface area (Å²) in [6.45, 7) is 13.4. The number of carbonyl (C=O) groups excluding carboxylic acids is 8. The molecule has 7 N–H and O–H groups in total. The Hall–Kier alpha value is -5.01. The van der Waals surface area contributed by atoms with Crippen LogP contribution in [0.1, 0.15) is 92.1 Å². The lowest BCUT2D eigenvalue weighted by atomic mass is 10.0. The molecule has 1 aromatic rings. The van der Waals surface area contributed by atoms with E-state index in [1.807, 2.05) is 34.6 Å². The Bertz CT molecular complexity index is 1490. The zero-order valence-corrected chi connectivity index (χ0v) is 37.0. The number of urea groups is 1. The number of carbonyl (C=O) groups is 8. The normalized spacial score (nSPS) is 12.6. The van der Waals surface area contributed by atoms with Gasteiger partial charge in [-0.15, -0.1) is 11.8 Å². The van der Waals surface area contributed by atoms with Crippen LogP contribution in [0.3, 0.4) is 0 Å². The second-order valence-electron chi connectivity index (χ2n) is 13.3. The molecule has 338 valence electrons. The van der Waals surface area contributed by atoms with Gasteiger partial charge in [0.2, 0.25) is 23.6 Å². The van der Waals surface area contributed by atoms with E-state index in [1.54, 1.807) is 30.5 Å². The van der Waals surface area contributed by atoms with Gasteiger partial charge >= 0.3 is 12.0 Å². The fourth-order valence-corrected chi connectivity index (χ4v) is 5.49. The van der Waals surface area contributed by atoms with Gasteiger partial charge in [0.15, 0.2) is 0 Å². The molecule has 0 radical (unpaired) electrons. The number of anilines is 1. The lowest BCUT2D eigenvalue weighted by Crippen LogP contribution is -2.52. The summed E-state index contributed by atoms with van der Waals surface area (Å²) in [6.07, 6.45) is 7.64. The molecule has 2 rings (SSSR count). The minimum absolute atomic E-state index is 0.0102. The first-order valence-corrected chi connectivity index (χ1v) is 21.6. The van der Waals surface area contributed by atoms with E-state index in [2.05, 4.69) is 26.6 Å². The van der Waals surface area contributed by atoms with Crippen molar-refractivity contribution in [1.82, 2.24) is 26.2 Å². The molecule has 60 heavy (non-hydrogen) atoms. The van der Waals surface area contributed by atoms with Gasteiger partial charge < -0.3 is 46.5 Å². The van der Waals surface area contributed by atoms with Crippen LogP contribution in [-0.2, 0) is 54.4 Å². The number of ether oxygens (including phenoxy) is 3. The molecule has 2 unspecified atom stereocenters. The number of esters is 1. The number of nitrogens with zero attached hydrogens (tertiary/aromatic N) is 1. The number of primary amides is 1. The average molecular weight is 866 g/mol. The summed E-state index contributed by atoms with van der Waals surface area (Å²) >= 11 is 1.31. The molecule has 8 amide bonds. The van der Waals surface area contributed by atoms with Crippen molar-refractivity contribution in [2.45, 2.75) is 105 Å². The van der Waals surface area contributed by atoms with Gasteiger partial charge in [0.05, 0.1) is 38.2 Å². The molecule has 1 heterocycles. The number of hydrogen-bond donors (Lipinski definition) is 6. The number of rotatable bonds is 27. The minimum Gasteiger partial charge on any atom is -0.461 e. The van der Waals surface area contributed by atoms with Crippen LogP contribution in [0.15, 0.2) is 36.4 Å². The molecule has 2 atom stereocenters. The highest BCUT2D eigenvalue weighted by molar-refractivity contribution is 7.99. The van der Waals surface area contributed by atoms with E-state index in [9.17, 15) is 38.4 Å². The van der Waals surface area contributed by atoms with Gasteiger partial charge in [0, 0.05) is 57.2 Å². The van der Waals surface area contributed by atoms with Gasteiger partial charge in [-0.3, -0.25) is 38.5 Å². The second-order valence-corrected chi connectivity index (χ2v) is 14.4. The van der Waals surface area contributed by atoms with E-state index in [4.69, 9.17) is 19.9 Å². The van der Waals surface area contributed by atoms with Gasteiger partial charge in [-0.05, 0) is 49.1 Å². The van der Waals surface area contributed by atoms with Gasteiger partial charge in [-0.1, -0.05) is 53.2 Å². The van der Waals surface area contributed by atoms with E-state index in [1.165, 1.54) is 35.7 Å². The highest BCUT2D eigenvalue weighted by Crippen LogP contribution is 2.15. The smallest absolute Gasteiger partial charge is 0.312 e. The molecule has 1 aliphatic heterocycles. The quantitative estimate of drug-likeness (QED) is 0.0323. The lowest BCUT2D eigenvalue weighted by Gasteiger charge is -2.24. The molecule has 0 bridgehead atoms. The van der Waals surface area contributed by atoms with Gasteiger partial charge in [-0.25, -0.2) is 4.79 Å². The second kappa shape index (κ2) is 33.8. The fraction of sp³-hybridized carbons (Fsp3) is 0.610. The Morgan fingerprint density at radius 1 is 0.783 bits per heavy atom. The molecule has 18 nitrogen and oxygen atoms in total. The summed E-state index contributed by atoms with van der Waals surface area (Å²) in [5.41, 5.74) is 6.07. The highest BCUT2D eigenvalue weighted by atomic mass is 32.2. The molecule has 0 aliphatic carbocycles. The largest absolute Gasteiger partial charge is 0.461 e. The summed E-state index contributed by atoms with van der Waals surface area (Å²) in [5.74, 6) is -2.32. The summed E-state index contributed by atoms with van der Waals surface area (Å²) < 4.78 is 15.9. The zero-order valence-electron chi connectivity index (χ0n) is 36.2. The predicted octanol–water partition coefficient (Wildman–Crippen LogP) is 3.14. The fourth-order valence-electron chi connectivity index (χ4n) is 4.94. The van der Waals surface area contributed by atoms with Crippen molar-refractivity contribution in [3.63, 3.8) is 0 Å². The highest BCUT2D eigenvalue weighted by Gasteiger charge is 2.27. The van der Waals surface area contributed by atoms with Crippen molar-refractivity contribution in [2.24, 2.45) is 11.7 Å². The van der Waals surface area contributed by atoms with E-state index < -0.39 is 23.4 Å². The van der Waals surface area contributed by atoms with Crippen LogP contribution in [0.5, 0.6) is 0 Å². The van der Waals surface area contributed by atoms with E-state index in [0.717, 1.165) is 18.4 Å². The first-order chi connectivity index (χ1) is 28.7. The van der Waals surface area contributed by atoms with Crippen LogP contribution in [0, 0.1) is 5.92 Å². The van der Waals surface area contributed by atoms with Crippen LogP contribution in [0.4, 0.5) is 10.5 Å². The third kappa shape index (κ3) is 26.9. The maximum absolute atomic E-state index is 13.1. The standard InChI is InChI=1S/C35H51N5O10S.C4H10N2O.C2H6/c1-24(2)34(35(47)39-31(51-4)22-30(44)37-27-11-9-26(10-12-27)23-50-25(3)41)38-29(43)15-18-48-20-21-49-19-16-36-28(42)8-6-5-7-17-40-32(45)13-14-33(40)46;1-2-3-6-4(5)7;1-2/h9-14,24,31,34H,5-8,15-23H2,1-4H3,(H,36,42)(H,37,44)(H,38,43)(H,39,47);2-3H2,1H3,(H3,5,6,7);1-2H3. The molecule has 0 spiro atoms. The Kier molecular flexibility index (Phi) is 31.0. The van der Waals surface area contributed by atoms with Crippen LogP contribution in [-0.4, -0.2) is 116 Å². The Labute approximate surface area is 358 Å². The number of unbranched alkanes of at least 4 members (excludes halogenated alkanes) is 2. The number of amides is 8. The maximum atomic E-state index is 13.1. The summed E-state index contributed by atoms with van der Waals surface area (Å²) in [4.78, 5) is 95.3. The van der Waals surface area contributed by atoms with E-state index in [0.29, 0.717) is 51.2 Å². The van der Waals surface area contributed by atoms with Crippen LogP contribution >= 0.6 is 11.8 Å². The zero-order chi connectivity index (χ0) is 45.3. The predicted molar refractivity (Wildman–Crippen MR) is 230 cm³/mol. The molecule has 1 aliphatic rings. The molecule has 19 heteroatoms. The number of nitrogens with one attached hydrogen (secondary N) is 5. The third-order valence-electron chi connectivity index (χ3n) is 8.05. The summed E-state index contributed by atoms with van der Waals surface area (Å²) in [5, 5.41) is 13.1. The van der Waals surface area contributed by atoms with Crippen molar-refractivity contribution in [3.05, 3.63) is 42.0 Å². The number of benzene rings is 1. The average Bonchev–Trinajstić information content (AvgIpc) is 3.53. The first-order valence-electron chi connectivity index (χ1n) is 20.3. The van der Waals surface area contributed by atoms with Crippen molar-refractivity contribution < 1.29 is 52.6 Å². The van der Waals surface area contributed by atoms with E-state index >= 15 is 0 Å². The van der Waals surface area contributed by atoms with Crippen molar-refractivity contribution in [3.8, 4) is 0 Å². The molecule has 0 fully saturated rings. The van der Waals surface area contributed by atoms with Crippen molar-refractivity contribution >= 4 is 64.9 Å². The number of hydrogen-bond acceptors (Lipinski definition) is 12. The van der Waals surface area contributed by atoms with Crippen LogP contribution in [0.2, 0.25) is 0 Å². The molecule has 0 aromatic heterocycles. The molecular weight excluding hydrogens is 799 g/mol. The Balaban J connectivity index is 0.00000349. The number of nitrogens with two attached hydrogens (primary N) is 1. The Morgan fingerprint density at radius 3 is 1.97 bits per heavy atom. The monoisotopic (exact) mass is 865 g/mol. The lowest BCUT2D eigenvalue weighted by molar-refractivity contribution is -0.142. The minimum atomic E-state index is -0.803. The van der Waals surface area contributed by atoms with Crippen LogP contribution < -0.4 is 32.3 Å². The SMILES string of the molecule is CC.CCCNC(N)=O.CSC(CC(=O)Nc1ccc(COC(C)=O)cc1)NC(=O)C(NC(=O)CCOCCOCCNC(=O)CCCCCN1C(=O)C=CC1=O)C(C)C. The topological polar surface area (TPSA) is 254 Å². The van der Waals surface area contributed by atoms with Crippen LogP contribution in [0.25, 0.3) is 0 Å². The molecular formula is C41H67N7O11S. The third-order valence-corrected chi connectivity index (χ3v) is 8.91. The maximum Gasteiger partial charge on any atom is 0.312 e. The first kappa shape index (κ1) is 55.0. The van der Waals surface area contributed by atoms with Gasteiger partial charge in [-0.2, -0.15) is 0 Å². The van der Waals surface area contributed by atoms with Gasteiger partial charge in [0.1, 0.15) is 12.6 Å². The Morgan fingerprint density at radius 2 is 1.42 bits per heavy atom. The molecule has 0 saturated heterocycles. The molecule has 1 aromatic carbocycles. The summed E-state index contributed by atoms with van der Waals surface area (Å²) in [6, 6.07) is 5.64. The van der Waals surface area contributed by atoms with E-state index in [-0.39, 0.29) is 80.7 Å². The summed E-state index contributed by atoms with van der Waals surface area (Å²) in [7, 11) is 0. The number of thioether (sulfide) groups is 1.